The standard InChI is InChI=1S/C2H6O4S.Hg/c1-2-6-7(3,4)5;/h2H2,1H3,(H,3,4,5);. The second-order valence-corrected chi connectivity index (χ2v) is 1.93. The van der Waals surface area contributed by atoms with Gasteiger partial charge < -0.3 is 0 Å². The molecule has 0 heterocycles. The van der Waals surface area contributed by atoms with Crippen molar-refractivity contribution in [3.05, 3.63) is 0 Å². The summed E-state index contributed by atoms with van der Waals surface area (Å²) in [5.74, 6) is 0. The van der Waals surface area contributed by atoms with Gasteiger partial charge in [-0.25, -0.2) is 4.18 Å². The monoisotopic (exact) mass is 328 g/mol. The van der Waals surface area contributed by atoms with E-state index in [0.717, 1.165) is 0 Å². The Morgan fingerprint density at radius 3 is 2.00 bits per heavy atom. The van der Waals surface area contributed by atoms with Crippen LogP contribution in [0.5, 0.6) is 0 Å². The van der Waals surface area contributed by atoms with Crippen LogP contribution in [0.15, 0.2) is 0 Å². The molecule has 0 spiro atoms. The van der Waals surface area contributed by atoms with E-state index >= 15 is 0 Å². The third-order valence-electron chi connectivity index (χ3n) is 0.267. The number of hydrogen-bond donors (Lipinski definition) is 1. The maximum absolute atomic E-state index is 9.56. The molecule has 0 saturated heterocycles. The van der Waals surface area contributed by atoms with Crippen molar-refractivity contribution in [1.29, 1.82) is 0 Å². The topological polar surface area (TPSA) is 63.6 Å². The molecule has 0 aromatic rings. The second-order valence-electron chi connectivity index (χ2n) is 0.834. The van der Waals surface area contributed by atoms with E-state index < -0.39 is 10.4 Å². The van der Waals surface area contributed by atoms with Crippen LogP contribution in [0.2, 0.25) is 0 Å². The Kier molecular flexibility index (Phi) is 6.75. The molecule has 0 saturated carbocycles. The molecule has 0 atom stereocenters. The molecule has 4 nitrogen and oxygen atoms in total. The van der Waals surface area contributed by atoms with E-state index in [9.17, 15) is 8.42 Å². The fourth-order valence-electron chi connectivity index (χ4n) is 0.149. The molecule has 0 aliphatic carbocycles. The minimum atomic E-state index is -4.17. The van der Waals surface area contributed by atoms with Crippen LogP contribution in [-0.2, 0) is 42.3 Å². The largest absolute Gasteiger partial charge is 0.397 e. The Hall–Kier alpha value is 0.805. The first-order chi connectivity index (χ1) is 3.06. The Morgan fingerprint density at radius 1 is 1.62 bits per heavy atom. The zero-order valence-electron chi connectivity index (χ0n) is 4.49. The average molecular weight is 327 g/mol. The minimum absolute atomic E-state index is 0. The van der Waals surface area contributed by atoms with E-state index in [-0.39, 0.29) is 34.3 Å². The minimum Gasteiger partial charge on any atom is -0.264 e. The van der Waals surface area contributed by atoms with Crippen LogP contribution in [0.1, 0.15) is 6.92 Å². The van der Waals surface area contributed by atoms with Gasteiger partial charge in [0.1, 0.15) is 0 Å². The van der Waals surface area contributed by atoms with Gasteiger partial charge in [0, 0.05) is 27.7 Å². The summed E-state index contributed by atoms with van der Waals surface area (Å²) in [4.78, 5) is 0. The van der Waals surface area contributed by atoms with Gasteiger partial charge >= 0.3 is 10.4 Å². The molecule has 0 aromatic heterocycles. The molecule has 0 aromatic carbocycles. The number of hydrogen-bond acceptors (Lipinski definition) is 3. The molecule has 0 amide bonds. The van der Waals surface area contributed by atoms with Crippen molar-refractivity contribution < 1.29 is 44.8 Å². The van der Waals surface area contributed by atoms with Crippen molar-refractivity contribution in [2.75, 3.05) is 6.61 Å². The third kappa shape index (κ3) is 9.93. The zero-order chi connectivity index (χ0) is 5.91. The van der Waals surface area contributed by atoms with Crippen LogP contribution in [0, 0.1) is 0 Å². The van der Waals surface area contributed by atoms with Crippen molar-refractivity contribution in [2.24, 2.45) is 0 Å². The summed E-state index contributed by atoms with van der Waals surface area (Å²) in [5.41, 5.74) is 0. The Morgan fingerprint density at radius 2 is 2.00 bits per heavy atom. The summed E-state index contributed by atoms with van der Waals surface area (Å²) in [5, 5.41) is 0. The molecule has 46 valence electrons. The van der Waals surface area contributed by atoms with Gasteiger partial charge in [0.2, 0.25) is 0 Å². The van der Waals surface area contributed by atoms with Crippen LogP contribution >= 0.6 is 0 Å². The summed E-state index contributed by atoms with van der Waals surface area (Å²) in [6.07, 6.45) is 0. The molecule has 6 heteroatoms. The molecular formula is C2H6HgO4S. The molecule has 0 aliphatic rings. The van der Waals surface area contributed by atoms with E-state index in [4.69, 9.17) is 4.55 Å². The first-order valence-electron chi connectivity index (χ1n) is 1.68. The number of rotatable bonds is 2. The molecule has 0 unspecified atom stereocenters. The van der Waals surface area contributed by atoms with Crippen molar-refractivity contribution in [1.82, 2.24) is 0 Å². The van der Waals surface area contributed by atoms with E-state index in [1.165, 1.54) is 6.92 Å². The Labute approximate surface area is 68.7 Å². The van der Waals surface area contributed by atoms with Crippen molar-refractivity contribution >= 4 is 10.4 Å². The second kappa shape index (κ2) is 4.66. The summed E-state index contributed by atoms with van der Waals surface area (Å²) < 4.78 is 30.7. The van der Waals surface area contributed by atoms with Gasteiger partial charge in [0.25, 0.3) is 0 Å². The molecular weight excluding hydrogens is 321 g/mol. The summed E-state index contributed by atoms with van der Waals surface area (Å²) in [7, 11) is -4.17. The van der Waals surface area contributed by atoms with Gasteiger partial charge in [-0.2, -0.15) is 8.42 Å². The van der Waals surface area contributed by atoms with Crippen molar-refractivity contribution in [2.45, 2.75) is 6.92 Å². The summed E-state index contributed by atoms with van der Waals surface area (Å²) in [6.45, 7) is 1.44. The van der Waals surface area contributed by atoms with E-state index in [2.05, 4.69) is 4.18 Å². The molecule has 0 bridgehead atoms. The van der Waals surface area contributed by atoms with E-state index in [1.807, 2.05) is 0 Å². The Bertz CT molecular complexity index is 127. The molecule has 1 N–H and O–H groups in total. The summed E-state index contributed by atoms with van der Waals surface area (Å²) >= 11 is 0. The predicted molar refractivity (Wildman–Crippen MR) is 23.2 cm³/mol. The molecule has 8 heavy (non-hydrogen) atoms. The zero-order valence-corrected chi connectivity index (χ0v) is 10.8. The fourth-order valence-corrected chi connectivity index (χ4v) is 0.447. The van der Waals surface area contributed by atoms with Gasteiger partial charge in [-0.05, 0) is 6.92 Å². The van der Waals surface area contributed by atoms with Crippen LogP contribution in [0.4, 0.5) is 0 Å². The van der Waals surface area contributed by atoms with Crippen LogP contribution < -0.4 is 0 Å². The normalized spacial score (nSPS) is 10.2. The van der Waals surface area contributed by atoms with Crippen LogP contribution in [0.25, 0.3) is 0 Å². The average Bonchev–Trinajstić information content (AvgIpc) is 1.30. The SMILES string of the molecule is CCOS(=O)(=O)O.[Hg]. The first kappa shape index (κ1) is 11.6. The van der Waals surface area contributed by atoms with Crippen LogP contribution in [-0.4, -0.2) is 19.6 Å². The van der Waals surface area contributed by atoms with Gasteiger partial charge in [-0.1, -0.05) is 0 Å². The summed E-state index contributed by atoms with van der Waals surface area (Å²) in [6, 6.07) is 0. The van der Waals surface area contributed by atoms with Crippen molar-refractivity contribution in [3.8, 4) is 0 Å². The molecule has 0 rings (SSSR count). The first-order valence-corrected chi connectivity index (χ1v) is 3.04. The third-order valence-corrected chi connectivity index (χ3v) is 0.800. The van der Waals surface area contributed by atoms with Crippen LogP contribution in [0.3, 0.4) is 0 Å². The molecule has 0 radical (unpaired) electrons. The quantitative estimate of drug-likeness (QED) is 0.565. The van der Waals surface area contributed by atoms with Gasteiger partial charge in [0.05, 0.1) is 6.61 Å². The van der Waals surface area contributed by atoms with E-state index in [1.54, 1.807) is 0 Å². The van der Waals surface area contributed by atoms with Crippen molar-refractivity contribution in [3.63, 3.8) is 0 Å². The smallest absolute Gasteiger partial charge is 0.264 e. The van der Waals surface area contributed by atoms with Gasteiger partial charge in [-0.15, -0.1) is 0 Å². The molecule has 0 aliphatic heterocycles. The maximum atomic E-state index is 9.56. The fraction of sp³-hybridized carbons (Fsp3) is 1.00. The predicted octanol–water partition coefficient (Wildman–Crippen LogP) is -0.177. The van der Waals surface area contributed by atoms with Gasteiger partial charge in [0.15, 0.2) is 0 Å². The maximum Gasteiger partial charge on any atom is 0.397 e. The van der Waals surface area contributed by atoms with E-state index in [0.29, 0.717) is 0 Å². The molecule has 0 fully saturated rings. The van der Waals surface area contributed by atoms with Gasteiger partial charge in [-0.3, -0.25) is 4.55 Å². The Balaban J connectivity index is 0.